The van der Waals surface area contributed by atoms with E-state index in [9.17, 15) is 9.59 Å². The standard InChI is InChI=1S/C13H24N2O4/c1-4-6-7-13(3,9-18-11(14)16)10-19-12(17)15-8-5-2/h5H,2,4,6-10H2,1,3H3,(H2,14,16)(H,15,17). The minimum absolute atomic E-state index is 0.136. The third-order valence-electron chi connectivity index (χ3n) is 2.64. The van der Waals surface area contributed by atoms with Gasteiger partial charge in [0.15, 0.2) is 0 Å². The van der Waals surface area contributed by atoms with Crippen LogP contribution < -0.4 is 11.1 Å². The summed E-state index contributed by atoms with van der Waals surface area (Å²) in [6.45, 7) is 8.10. The fourth-order valence-corrected chi connectivity index (χ4v) is 1.48. The minimum atomic E-state index is -0.821. The van der Waals surface area contributed by atoms with Gasteiger partial charge in [-0.3, -0.25) is 0 Å². The van der Waals surface area contributed by atoms with E-state index in [4.69, 9.17) is 15.2 Å². The summed E-state index contributed by atoms with van der Waals surface area (Å²) >= 11 is 0. The maximum absolute atomic E-state index is 11.3. The highest BCUT2D eigenvalue weighted by atomic mass is 16.6. The van der Waals surface area contributed by atoms with Crippen molar-refractivity contribution in [2.75, 3.05) is 19.8 Å². The van der Waals surface area contributed by atoms with Crippen LogP contribution in [0.5, 0.6) is 0 Å². The Morgan fingerprint density at radius 2 is 2.00 bits per heavy atom. The molecule has 0 aliphatic rings. The molecule has 0 saturated carbocycles. The number of primary amides is 1. The number of ether oxygens (including phenoxy) is 2. The zero-order valence-electron chi connectivity index (χ0n) is 11.7. The van der Waals surface area contributed by atoms with Crippen molar-refractivity contribution in [2.45, 2.75) is 33.1 Å². The number of nitrogens with one attached hydrogen (secondary N) is 1. The van der Waals surface area contributed by atoms with Gasteiger partial charge < -0.3 is 20.5 Å². The SMILES string of the molecule is C=CCNC(=O)OCC(C)(CCCC)COC(N)=O. The van der Waals surface area contributed by atoms with E-state index >= 15 is 0 Å². The van der Waals surface area contributed by atoms with Gasteiger partial charge in [-0.2, -0.15) is 0 Å². The van der Waals surface area contributed by atoms with Gasteiger partial charge in [0, 0.05) is 12.0 Å². The number of carbonyl (C=O) groups is 2. The van der Waals surface area contributed by atoms with Crippen molar-refractivity contribution in [3.63, 3.8) is 0 Å². The first kappa shape index (κ1) is 17.3. The first-order valence-electron chi connectivity index (χ1n) is 6.37. The third kappa shape index (κ3) is 8.93. The molecule has 1 unspecified atom stereocenters. The van der Waals surface area contributed by atoms with E-state index in [1.165, 1.54) is 0 Å². The average molecular weight is 272 g/mol. The normalized spacial score (nSPS) is 13.2. The number of hydrogen-bond acceptors (Lipinski definition) is 4. The highest BCUT2D eigenvalue weighted by Crippen LogP contribution is 2.25. The molecule has 0 heterocycles. The Balaban J connectivity index is 4.27. The summed E-state index contributed by atoms with van der Waals surface area (Å²) < 4.78 is 9.94. The number of carbonyl (C=O) groups excluding carboxylic acids is 2. The number of alkyl carbamates (subject to hydrolysis) is 1. The molecule has 0 saturated heterocycles. The lowest BCUT2D eigenvalue weighted by atomic mass is 9.87. The van der Waals surface area contributed by atoms with Crippen LogP contribution in [0, 0.1) is 5.41 Å². The largest absolute Gasteiger partial charge is 0.449 e. The van der Waals surface area contributed by atoms with E-state index in [-0.39, 0.29) is 13.2 Å². The molecule has 0 aromatic heterocycles. The van der Waals surface area contributed by atoms with Crippen LogP contribution in [0.4, 0.5) is 9.59 Å². The highest BCUT2D eigenvalue weighted by Gasteiger charge is 2.27. The quantitative estimate of drug-likeness (QED) is 0.629. The Kier molecular flexibility index (Phi) is 8.41. The molecule has 0 aliphatic heterocycles. The van der Waals surface area contributed by atoms with Crippen molar-refractivity contribution in [1.82, 2.24) is 5.32 Å². The average Bonchev–Trinajstić information content (AvgIpc) is 2.38. The van der Waals surface area contributed by atoms with Crippen molar-refractivity contribution < 1.29 is 19.1 Å². The van der Waals surface area contributed by atoms with Gasteiger partial charge in [0.25, 0.3) is 0 Å². The summed E-state index contributed by atoms with van der Waals surface area (Å²) in [6, 6.07) is 0. The molecule has 0 aliphatic carbocycles. The van der Waals surface area contributed by atoms with Crippen LogP contribution in [0.2, 0.25) is 0 Å². The first-order chi connectivity index (χ1) is 8.93. The second-order valence-electron chi connectivity index (χ2n) is 4.77. The Morgan fingerprint density at radius 1 is 1.37 bits per heavy atom. The van der Waals surface area contributed by atoms with Crippen molar-refractivity contribution in [1.29, 1.82) is 0 Å². The van der Waals surface area contributed by atoms with Crippen LogP contribution in [-0.2, 0) is 9.47 Å². The lowest BCUT2D eigenvalue weighted by molar-refractivity contribution is 0.0333. The van der Waals surface area contributed by atoms with Gasteiger partial charge in [0.2, 0.25) is 0 Å². The molecule has 3 N–H and O–H groups in total. The topological polar surface area (TPSA) is 90.7 Å². The summed E-state index contributed by atoms with van der Waals surface area (Å²) in [7, 11) is 0. The molecule has 0 bridgehead atoms. The van der Waals surface area contributed by atoms with Crippen molar-refractivity contribution >= 4 is 12.2 Å². The van der Waals surface area contributed by atoms with Crippen molar-refractivity contribution in [3.8, 4) is 0 Å². The van der Waals surface area contributed by atoms with Crippen LogP contribution in [-0.4, -0.2) is 31.9 Å². The summed E-state index contributed by atoms with van der Waals surface area (Å²) in [6.07, 6.45) is 2.98. The van der Waals surface area contributed by atoms with Gasteiger partial charge in [-0.05, 0) is 6.42 Å². The molecule has 6 heteroatoms. The first-order valence-corrected chi connectivity index (χ1v) is 6.37. The molecule has 0 aromatic rings. The summed E-state index contributed by atoms with van der Waals surface area (Å²) in [5, 5.41) is 2.51. The van der Waals surface area contributed by atoms with Gasteiger partial charge in [-0.15, -0.1) is 6.58 Å². The Labute approximate surface area is 114 Å². The van der Waals surface area contributed by atoms with Crippen LogP contribution >= 0.6 is 0 Å². The zero-order chi connectivity index (χ0) is 14.7. The highest BCUT2D eigenvalue weighted by molar-refractivity contribution is 5.67. The van der Waals surface area contributed by atoms with E-state index in [1.54, 1.807) is 6.08 Å². The van der Waals surface area contributed by atoms with Crippen molar-refractivity contribution in [3.05, 3.63) is 12.7 Å². The Bertz CT molecular complexity index is 307. The van der Waals surface area contributed by atoms with Crippen molar-refractivity contribution in [2.24, 2.45) is 11.1 Å². The molecule has 0 spiro atoms. The fourth-order valence-electron chi connectivity index (χ4n) is 1.48. The molecule has 0 rings (SSSR count). The lowest BCUT2D eigenvalue weighted by Gasteiger charge is -2.28. The monoisotopic (exact) mass is 272 g/mol. The lowest BCUT2D eigenvalue weighted by Crippen LogP contribution is -2.35. The predicted octanol–water partition coefficient (Wildman–Crippen LogP) is 2.19. The van der Waals surface area contributed by atoms with Crippen LogP contribution in [0.15, 0.2) is 12.7 Å². The van der Waals surface area contributed by atoms with E-state index in [0.29, 0.717) is 6.54 Å². The van der Waals surface area contributed by atoms with E-state index in [1.807, 2.05) is 6.92 Å². The Hall–Kier alpha value is -1.72. The van der Waals surface area contributed by atoms with Gasteiger partial charge in [-0.25, -0.2) is 9.59 Å². The van der Waals surface area contributed by atoms with Gasteiger partial charge >= 0.3 is 12.2 Å². The summed E-state index contributed by atoms with van der Waals surface area (Å²) in [5.41, 5.74) is 4.54. The maximum Gasteiger partial charge on any atom is 0.407 e. The molecule has 0 radical (unpaired) electrons. The third-order valence-corrected chi connectivity index (χ3v) is 2.64. The van der Waals surface area contributed by atoms with Crippen LogP contribution in [0.3, 0.4) is 0 Å². The molecule has 19 heavy (non-hydrogen) atoms. The summed E-state index contributed by atoms with van der Waals surface area (Å²) in [4.78, 5) is 22.0. The smallest absolute Gasteiger partial charge is 0.407 e. The van der Waals surface area contributed by atoms with E-state index < -0.39 is 17.6 Å². The number of unbranched alkanes of at least 4 members (excludes halogenated alkanes) is 1. The molecule has 0 fully saturated rings. The van der Waals surface area contributed by atoms with Gasteiger partial charge in [0.1, 0.15) is 13.2 Å². The number of hydrogen-bond donors (Lipinski definition) is 2. The molecule has 2 amide bonds. The van der Waals surface area contributed by atoms with Crippen LogP contribution in [0.1, 0.15) is 33.1 Å². The number of amides is 2. The number of nitrogens with two attached hydrogens (primary N) is 1. The fraction of sp³-hybridized carbons (Fsp3) is 0.692. The molecule has 110 valence electrons. The van der Waals surface area contributed by atoms with Gasteiger partial charge in [0.05, 0.1) is 0 Å². The molecule has 6 nitrogen and oxygen atoms in total. The number of rotatable bonds is 9. The Morgan fingerprint density at radius 3 is 2.53 bits per heavy atom. The molecular weight excluding hydrogens is 248 g/mol. The zero-order valence-corrected chi connectivity index (χ0v) is 11.7. The van der Waals surface area contributed by atoms with Crippen LogP contribution in [0.25, 0.3) is 0 Å². The maximum atomic E-state index is 11.3. The second kappa shape index (κ2) is 9.24. The predicted molar refractivity (Wildman–Crippen MR) is 72.7 cm³/mol. The molecular formula is C13H24N2O4. The summed E-state index contributed by atoms with van der Waals surface area (Å²) in [5.74, 6) is 0. The van der Waals surface area contributed by atoms with E-state index in [0.717, 1.165) is 19.3 Å². The van der Waals surface area contributed by atoms with E-state index in [2.05, 4.69) is 18.8 Å². The molecule has 1 atom stereocenters. The second-order valence-corrected chi connectivity index (χ2v) is 4.77. The molecule has 0 aromatic carbocycles. The minimum Gasteiger partial charge on any atom is -0.449 e. The van der Waals surface area contributed by atoms with Gasteiger partial charge in [-0.1, -0.05) is 32.8 Å².